The summed E-state index contributed by atoms with van der Waals surface area (Å²) >= 11 is 5.57. The maximum absolute atomic E-state index is 13.0. The molecule has 1 amide bonds. The van der Waals surface area contributed by atoms with Crippen LogP contribution in [0.3, 0.4) is 0 Å². The van der Waals surface area contributed by atoms with Crippen LogP contribution in [0, 0.1) is 0 Å². The fraction of sp³-hybridized carbons (Fsp3) is 0.105. The predicted molar refractivity (Wildman–Crippen MR) is 97.9 cm³/mol. The number of carbonyl (C=O) groups is 2. The molecule has 1 heterocycles. The van der Waals surface area contributed by atoms with Gasteiger partial charge in [-0.15, -0.1) is 0 Å². The van der Waals surface area contributed by atoms with Crippen LogP contribution in [0.25, 0.3) is 11.0 Å². The summed E-state index contributed by atoms with van der Waals surface area (Å²) in [6, 6.07) is 9.91. The molecule has 10 heteroatoms. The molecule has 2 aromatic carbocycles. The summed E-state index contributed by atoms with van der Waals surface area (Å²) in [6.07, 6.45) is -4.75. The Kier molecular flexibility index (Phi) is 5.60. The van der Waals surface area contributed by atoms with Gasteiger partial charge in [0.15, 0.2) is 12.0 Å². The zero-order chi connectivity index (χ0) is 21.2. The molecule has 1 aromatic heterocycles. The Bertz CT molecular complexity index is 1160. The Balaban J connectivity index is 1.70. The smallest absolute Gasteiger partial charge is 0.418 e. The second-order valence-corrected chi connectivity index (χ2v) is 6.22. The molecule has 6 nitrogen and oxygen atoms in total. The molecule has 0 saturated heterocycles. The number of ether oxygens (including phenoxy) is 1. The van der Waals surface area contributed by atoms with Crippen molar-refractivity contribution in [3.8, 4) is 0 Å². The number of carbonyl (C=O) groups excluding carboxylic acids is 2. The second-order valence-electron chi connectivity index (χ2n) is 5.78. The summed E-state index contributed by atoms with van der Waals surface area (Å²) in [6.45, 7) is -0.894. The van der Waals surface area contributed by atoms with Gasteiger partial charge in [-0.3, -0.25) is 9.59 Å². The highest BCUT2D eigenvalue weighted by molar-refractivity contribution is 6.30. The topological polar surface area (TPSA) is 85.6 Å². The first-order chi connectivity index (χ1) is 13.6. The average Bonchev–Trinajstić information content (AvgIpc) is 2.66. The Morgan fingerprint density at radius 1 is 1.10 bits per heavy atom. The first-order valence-electron chi connectivity index (χ1n) is 8.02. The van der Waals surface area contributed by atoms with E-state index in [2.05, 4.69) is 0 Å². The van der Waals surface area contributed by atoms with Gasteiger partial charge in [-0.2, -0.15) is 13.2 Å². The number of fused-ring (bicyclic) bond motifs is 1. The number of rotatable bonds is 4. The molecule has 0 unspecified atom stereocenters. The van der Waals surface area contributed by atoms with Crippen LogP contribution in [-0.2, 0) is 15.7 Å². The zero-order valence-corrected chi connectivity index (χ0v) is 15.1. The van der Waals surface area contributed by atoms with Crippen LogP contribution in [-0.4, -0.2) is 18.5 Å². The van der Waals surface area contributed by atoms with Gasteiger partial charge in [0.1, 0.15) is 5.58 Å². The largest absolute Gasteiger partial charge is 0.450 e. The Hall–Kier alpha value is -3.33. The molecule has 0 radical (unpaired) electrons. The molecule has 0 bridgehead atoms. The first-order valence-corrected chi connectivity index (χ1v) is 8.39. The van der Waals surface area contributed by atoms with E-state index in [4.69, 9.17) is 20.8 Å². The summed E-state index contributed by atoms with van der Waals surface area (Å²) in [7, 11) is 0. The van der Waals surface area contributed by atoms with Crippen LogP contribution in [0.15, 0.2) is 57.7 Å². The van der Waals surface area contributed by atoms with Gasteiger partial charge in [0.25, 0.3) is 5.91 Å². The number of esters is 1. The number of nitrogens with one attached hydrogen (secondary N) is 1. The van der Waals surface area contributed by atoms with Crippen LogP contribution in [0.4, 0.5) is 18.9 Å². The molecule has 0 aliphatic rings. The van der Waals surface area contributed by atoms with E-state index >= 15 is 0 Å². The summed E-state index contributed by atoms with van der Waals surface area (Å²) in [5.41, 5.74) is -2.03. The lowest BCUT2D eigenvalue weighted by Gasteiger charge is -2.14. The van der Waals surface area contributed by atoms with Crippen LogP contribution in [0.5, 0.6) is 0 Å². The summed E-state index contributed by atoms with van der Waals surface area (Å²) in [5.74, 6) is -2.58. The fourth-order valence-corrected chi connectivity index (χ4v) is 2.63. The molecule has 0 aliphatic carbocycles. The third kappa shape index (κ3) is 4.75. The highest BCUT2D eigenvalue weighted by Crippen LogP contribution is 2.36. The van der Waals surface area contributed by atoms with E-state index in [1.165, 1.54) is 18.2 Å². The SMILES string of the molecule is O=C(COC(=O)c1cc(=O)c2ccccc2o1)Nc1ccc(Cl)cc1C(F)(F)F. The van der Waals surface area contributed by atoms with E-state index in [9.17, 15) is 27.6 Å². The number of amides is 1. The quantitative estimate of drug-likeness (QED) is 0.631. The van der Waals surface area contributed by atoms with Crippen molar-refractivity contribution in [2.24, 2.45) is 0 Å². The van der Waals surface area contributed by atoms with Crippen molar-refractivity contribution in [3.05, 3.63) is 75.1 Å². The molecule has 3 rings (SSSR count). The molecule has 0 fully saturated rings. The number of alkyl halides is 3. The van der Waals surface area contributed by atoms with E-state index in [0.717, 1.165) is 12.1 Å². The van der Waals surface area contributed by atoms with Crippen molar-refractivity contribution in [2.75, 3.05) is 11.9 Å². The number of para-hydroxylation sites is 1. The van der Waals surface area contributed by atoms with Gasteiger partial charge < -0.3 is 14.5 Å². The highest BCUT2D eigenvalue weighted by atomic mass is 35.5. The van der Waals surface area contributed by atoms with E-state index < -0.39 is 47.1 Å². The second kappa shape index (κ2) is 7.96. The maximum atomic E-state index is 13.0. The molecule has 3 aromatic rings. The predicted octanol–water partition coefficient (Wildman–Crippen LogP) is 4.26. The molecular formula is C19H11ClF3NO5. The summed E-state index contributed by atoms with van der Waals surface area (Å²) in [4.78, 5) is 35.9. The summed E-state index contributed by atoms with van der Waals surface area (Å²) < 4.78 is 49.1. The number of benzene rings is 2. The number of hydrogen-bond acceptors (Lipinski definition) is 5. The van der Waals surface area contributed by atoms with Crippen molar-refractivity contribution in [1.29, 1.82) is 0 Å². The Labute approximate surface area is 165 Å². The standard InChI is InChI=1S/C19H11ClF3NO5/c20-10-5-6-13(12(7-10)19(21,22)23)24-17(26)9-28-18(27)16-8-14(25)11-3-1-2-4-15(11)29-16/h1-8H,9H2,(H,24,26). The summed E-state index contributed by atoms with van der Waals surface area (Å²) in [5, 5.41) is 2.10. The van der Waals surface area contributed by atoms with Crippen molar-refractivity contribution in [3.63, 3.8) is 0 Å². The number of halogens is 4. The molecule has 0 saturated carbocycles. The molecule has 0 aliphatic heterocycles. The van der Waals surface area contributed by atoms with Crippen molar-refractivity contribution in [2.45, 2.75) is 6.18 Å². The third-order valence-electron chi connectivity index (χ3n) is 3.73. The average molecular weight is 426 g/mol. The minimum Gasteiger partial charge on any atom is -0.450 e. The van der Waals surface area contributed by atoms with Crippen molar-refractivity contribution >= 4 is 40.1 Å². The van der Waals surface area contributed by atoms with Gasteiger partial charge in [-0.1, -0.05) is 23.7 Å². The van der Waals surface area contributed by atoms with Crippen molar-refractivity contribution in [1.82, 2.24) is 0 Å². The lowest BCUT2D eigenvalue weighted by atomic mass is 10.1. The maximum Gasteiger partial charge on any atom is 0.418 e. The van der Waals surface area contributed by atoms with Gasteiger partial charge in [0, 0.05) is 11.1 Å². The normalized spacial score (nSPS) is 11.3. The van der Waals surface area contributed by atoms with E-state index in [1.54, 1.807) is 12.1 Å². The zero-order valence-electron chi connectivity index (χ0n) is 14.4. The molecule has 150 valence electrons. The first kappa shape index (κ1) is 20.4. The van der Waals surface area contributed by atoms with E-state index in [0.29, 0.717) is 6.07 Å². The van der Waals surface area contributed by atoms with Gasteiger partial charge in [0.05, 0.1) is 16.6 Å². The molecular weight excluding hydrogens is 415 g/mol. The molecule has 1 N–H and O–H groups in total. The minimum absolute atomic E-state index is 0.146. The number of hydrogen-bond donors (Lipinski definition) is 1. The van der Waals surface area contributed by atoms with Crippen LogP contribution < -0.4 is 10.7 Å². The minimum atomic E-state index is -4.75. The van der Waals surface area contributed by atoms with Gasteiger partial charge in [-0.05, 0) is 30.3 Å². The Morgan fingerprint density at radius 3 is 2.55 bits per heavy atom. The van der Waals surface area contributed by atoms with Crippen LogP contribution >= 0.6 is 11.6 Å². The lowest BCUT2D eigenvalue weighted by Crippen LogP contribution is -2.23. The fourth-order valence-electron chi connectivity index (χ4n) is 2.45. The molecule has 0 atom stereocenters. The monoisotopic (exact) mass is 425 g/mol. The van der Waals surface area contributed by atoms with Gasteiger partial charge in [0.2, 0.25) is 5.76 Å². The van der Waals surface area contributed by atoms with E-state index in [1.807, 2.05) is 5.32 Å². The number of anilines is 1. The Morgan fingerprint density at radius 2 is 1.83 bits per heavy atom. The lowest BCUT2D eigenvalue weighted by molar-refractivity contribution is -0.137. The van der Waals surface area contributed by atoms with Crippen LogP contribution in [0.1, 0.15) is 16.1 Å². The van der Waals surface area contributed by atoms with Crippen molar-refractivity contribution < 1.29 is 31.9 Å². The molecule has 29 heavy (non-hydrogen) atoms. The molecule has 0 spiro atoms. The highest BCUT2D eigenvalue weighted by Gasteiger charge is 2.34. The van der Waals surface area contributed by atoms with E-state index in [-0.39, 0.29) is 16.0 Å². The van der Waals surface area contributed by atoms with Gasteiger partial charge in [-0.25, -0.2) is 4.79 Å². The van der Waals surface area contributed by atoms with Gasteiger partial charge >= 0.3 is 12.1 Å². The van der Waals surface area contributed by atoms with Crippen LogP contribution in [0.2, 0.25) is 5.02 Å². The third-order valence-corrected chi connectivity index (χ3v) is 3.97.